The van der Waals surface area contributed by atoms with Crippen LogP contribution in [0.25, 0.3) is 5.69 Å². The van der Waals surface area contributed by atoms with Gasteiger partial charge in [0.15, 0.2) is 11.6 Å². The summed E-state index contributed by atoms with van der Waals surface area (Å²) in [4.78, 5) is 15.9. The van der Waals surface area contributed by atoms with Crippen molar-refractivity contribution in [3.63, 3.8) is 0 Å². The number of pyridine rings is 1. The zero-order chi connectivity index (χ0) is 28.9. The summed E-state index contributed by atoms with van der Waals surface area (Å²) in [7, 11) is 0. The van der Waals surface area contributed by atoms with Crippen molar-refractivity contribution < 1.29 is 0 Å². The fraction of sp³-hybridized carbons (Fsp3) is 0.483. The molecule has 0 saturated carbocycles. The summed E-state index contributed by atoms with van der Waals surface area (Å²) in [5.41, 5.74) is 3.80. The fourth-order valence-corrected chi connectivity index (χ4v) is 3.99. The molecule has 39 heavy (non-hydrogen) atoms. The Morgan fingerprint density at radius 3 is 2.26 bits per heavy atom. The quantitative estimate of drug-likeness (QED) is 0.200. The molecule has 0 fully saturated rings. The molecule has 10 heteroatoms. The molecule has 3 rings (SSSR count). The van der Waals surface area contributed by atoms with E-state index < -0.39 is 5.41 Å². The van der Waals surface area contributed by atoms with Crippen molar-refractivity contribution in [2.24, 2.45) is 15.4 Å². The highest BCUT2D eigenvalue weighted by molar-refractivity contribution is 5.69. The molecule has 3 aromatic rings. The fourth-order valence-electron chi connectivity index (χ4n) is 3.99. The van der Waals surface area contributed by atoms with Crippen LogP contribution in [0.5, 0.6) is 0 Å². The first-order valence-electron chi connectivity index (χ1n) is 13.4. The maximum absolute atomic E-state index is 11.1. The van der Waals surface area contributed by atoms with E-state index >= 15 is 0 Å². The molecule has 2 heterocycles. The summed E-state index contributed by atoms with van der Waals surface area (Å²) in [5.74, 6) is 1.70. The highest BCUT2D eigenvalue weighted by atomic mass is 16.3. The molecule has 0 spiro atoms. The molecular weight excluding hydrogens is 490 g/mol. The van der Waals surface area contributed by atoms with Gasteiger partial charge in [0.2, 0.25) is 0 Å². The Morgan fingerprint density at radius 2 is 1.69 bits per heavy atom. The van der Waals surface area contributed by atoms with E-state index in [1.165, 1.54) is 0 Å². The van der Waals surface area contributed by atoms with E-state index in [9.17, 15) is 10.2 Å². The Labute approximate surface area is 230 Å². The minimum atomic E-state index is -0.414. The van der Waals surface area contributed by atoms with Gasteiger partial charge in [0.05, 0.1) is 11.4 Å². The van der Waals surface area contributed by atoms with Gasteiger partial charge in [-0.15, -0.1) is 15.1 Å². The molecule has 2 aromatic heterocycles. The van der Waals surface area contributed by atoms with E-state index in [4.69, 9.17) is 10.1 Å². The predicted molar refractivity (Wildman–Crippen MR) is 157 cm³/mol. The van der Waals surface area contributed by atoms with Gasteiger partial charge in [0.1, 0.15) is 28.8 Å². The number of azo groups is 1. The standard InChI is InChI=1S/C29H39N9O/c1-10-19(5)31-24-15-18(4)25(27(33-24)32-20(6)11-2)34-35-28-22(16-30)26(29(7,8)9)36-38(28)23-13-12-21(37-39)14-17(23)3/h12-15,19-20H,10-11H2,1-9H3,(H2,31,32,33). The molecule has 0 bridgehead atoms. The van der Waals surface area contributed by atoms with Crippen molar-refractivity contribution in [2.45, 2.75) is 92.7 Å². The SMILES string of the molecule is CCC(C)Nc1cc(C)c(N=Nc2c(C#N)c(C(C)(C)C)nn2-c2ccc(N=O)cc2C)c(NC(C)CC)n1. The largest absolute Gasteiger partial charge is 0.368 e. The molecule has 0 radical (unpaired) electrons. The van der Waals surface area contributed by atoms with Gasteiger partial charge in [-0.3, -0.25) is 0 Å². The van der Waals surface area contributed by atoms with Crippen LogP contribution < -0.4 is 10.6 Å². The third-order valence-electron chi connectivity index (χ3n) is 6.63. The highest BCUT2D eigenvalue weighted by Crippen LogP contribution is 2.37. The number of rotatable bonds is 10. The summed E-state index contributed by atoms with van der Waals surface area (Å²) in [6.45, 7) is 18.3. The summed E-state index contributed by atoms with van der Waals surface area (Å²) in [6, 6.07) is 9.75. The highest BCUT2D eigenvalue weighted by Gasteiger charge is 2.28. The van der Waals surface area contributed by atoms with E-state index in [1.54, 1.807) is 22.9 Å². The number of anilines is 2. The Morgan fingerprint density at radius 1 is 1.03 bits per heavy atom. The molecule has 0 amide bonds. The zero-order valence-electron chi connectivity index (χ0n) is 24.4. The second-order valence-electron chi connectivity index (χ2n) is 11.0. The van der Waals surface area contributed by atoms with Crippen LogP contribution in [-0.2, 0) is 5.41 Å². The molecule has 2 unspecified atom stereocenters. The Balaban J connectivity index is 2.23. The second-order valence-corrected chi connectivity index (χ2v) is 11.0. The lowest BCUT2D eigenvalue weighted by atomic mass is 9.90. The molecule has 2 atom stereocenters. The summed E-state index contributed by atoms with van der Waals surface area (Å²) >= 11 is 0. The van der Waals surface area contributed by atoms with Crippen LogP contribution >= 0.6 is 0 Å². The molecule has 206 valence electrons. The van der Waals surface area contributed by atoms with Gasteiger partial charge in [-0.05, 0) is 81.1 Å². The molecule has 0 aliphatic rings. The monoisotopic (exact) mass is 529 g/mol. The second kappa shape index (κ2) is 12.2. The van der Waals surface area contributed by atoms with Crippen molar-refractivity contribution in [1.82, 2.24) is 14.8 Å². The van der Waals surface area contributed by atoms with Crippen LogP contribution in [0, 0.1) is 30.1 Å². The number of hydrogen-bond acceptors (Lipinski definition) is 9. The maximum Gasteiger partial charge on any atom is 0.196 e. The number of nitrogens with one attached hydrogen (secondary N) is 2. The number of benzene rings is 1. The van der Waals surface area contributed by atoms with Gasteiger partial charge in [-0.1, -0.05) is 34.6 Å². The average Bonchev–Trinajstić information content (AvgIpc) is 3.26. The Hall–Kier alpha value is -4.13. The van der Waals surface area contributed by atoms with Crippen molar-refractivity contribution in [3.8, 4) is 11.8 Å². The van der Waals surface area contributed by atoms with E-state index in [1.807, 2.05) is 40.7 Å². The van der Waals surface area contributed by atoms with Gasteiger partial charge in [-0.2, -0.15) is 10.4 Å². The van der Waals surface area contributed by atoms with Gasteiger partial charge in [-0.25, -0.2) is 9.67 Å². The molecule has 0 aliphatic carbocycles. The molecule has 10 nitrogen and oxygen atoms in total. The number of nitriles is 1. The Bertz CT molecular complexity index is 1410. The van der Waals surface area contributed by atoms with Crippen molar-refractivity contribution in [1.29, 1.82) is 5.26 Å². The minimum Gasteiger partial charge on any atom is -0.368 e. The molecule has 1 aromatic carbocycles. The molecule has 0 aliphatic heterocycles. The van der Waals surface area contributed by atoms with E-state index in [2.05, 4.69) is 59.8 Å². The third-order valence-corrected chi connectivity index (χ3v) is 6.63. The normalized spacial score (nSPS) is 13.2. The summed E-state index contributed by atoms with van der Waals surface area (Å²) in [6.07, 6.45) is 1.88. The maximum atomic E-state index is 11.1. The zero-order valence-corrected chi connectivity index (χ0v) is 24.4. The van der Waals surface area contributed by atoms with Crippen molar-refractivity contribution >= 4 is 28.8 Å². The van der Waals surface area contributed by atoms with Crippen LogP contribution in [0.2, 0.25) is 0 Å². The van der Waals surface area contributed by atoms with Gasteiger partial charge < -0.3 is 10.6 Å². The summed E-state index contributed by atoms with van der Waals surface area (Å²) in [5, 5.41) is 34.2. The van der Waals surface area contributed by atoms with Crippen molar-refractivity contribution in [3.05, 3.63) is 51.6 Å². The van der Waals surface area contributed by atoms with Gasteiger partial charge >= 0.3 is 0 Å². The van der Waals surface area contributed by atoms with Crippen LogP contribution in [-0.4, -0.2) is 26.8 Å². The average molecular weight is 530 g/mol. The van der Waals surface area contributed by atoms with Crippen molar-refractivity contribution in [2.75, 3.05) is 10.6 Å². The first kappa shape index (κ1) is 29.4. The Kier molecular flexibility index (Phi) is 9.17. The lowest BCUT2D eigenvalue weighted by Crippen LogP contribution is -2.18. The lowest BCUT2D eigenvalue weighted by molar-refractivity contribution is 0.559. The van der Waals surface area contributed by atoms with Gasteiger partial charge in [0, 0.05) is 17.5 Å². The number of nitroso groups, excluding NO2 is 1. The van der Waals surface area contributed by atoms with E-state index in [-0.39, 0.29) is 12.1 Å². The minimum absolute atomic E-state index is 0.171. The lowest BCUT2D eigenvalue weighted by Gasteiger charge is -2.18. The molecular formula is C29H39N9O. The smallest absolute Gasteiger partial charge is 0.196 e. The number of aryl methyl sites for hydroxylation is 2. The van der Waals surface area contributed by atoms with Crippen LogP contribution in [0.1, 0.15) is 83.7 Å². The third kappa shape index (κ3) is 6.66. The van der Waals surface area contributed by atoms with E-state index in [0.717, 1.165) is 29.8 Å². The first-order chi connectivity index (χ1) is 18.4. The number of aromatic nitrogens is 3. The topological polar surface area (TPSA) is 133 Å². The van der Waals surface area contributed by atoms with Crippen LogP contribution in [0.15, 0.2) is 39.7 Å². The number of hydrogen-bond donors (Lipinski definition) is 2. The first-order valence-corrected chi connectivity index (χ1v) is 13.4. The van der Waals surface area contributed by atoms with Crippen LogP contribution in [0.3, 0.4) is 0 Å². The molecule has 2 N–H and O–H groups in total. The van der Waals surface area contributed by atoms with E-state index in [0.29, 0.717) is 40.0 Å². The van der Waals surface area contributed by atoms with Gasteiger partial charge in [0.25, 0.3) is 0 Å². The molecule has 0 saturated heterocycles. The van der Waals surface area contributed by atoms with Crippen LogP contribution in [0.4, 0.5) is 28.8 Å². The summed E-state index contributed by atoms with van der Waals surface area (Å²) < 4.78 is 1.62. The number of nitrogens with zero attached hydrogens (tertiary/aromatic N) is 7. The predicted octanol–water partition coefficient (Wildman–Crippen LogP) is 8.29.